The Bertz CT molecular complexity index is 1160. The van der Waals surface area contributed by atoms with Gasteiger partial charge in [0.2, 0.25) is 0 Å². The minimum absolute atomic E-state index is 0.119. The summed E-state index contributed by atoms with van der Waals surface area (Å²) in [6, 6.07) is 8.70. The molecule has 1 aliphatic carbocycles. The number of nitrogens with one attached hydrogen (secondary N) is 3. The maximum Gasteiger partial charge on any atom is 0.319 e. The van der Waals surface area contributed by atoms with Crippen molar-refractivity contribution in [3.05, 3.63) is 88.2 Å². The molecule has 1 atom stereocenters. The van der Waals surface area contributed by atoms with Crippen molar-refractivity contribution in [1.82, 2.24) is 10.3 Å². The number of amides is 3. The second-order valence-electron chi connectivity index (χ2n) is 7.00. The highest BCUT2D eigenvalue weighted by Gasteiger charge is 2.31. The lowest BCUT2D eigenvalue weighted by Crippen LogP contribution is -2.32. The third-order valence-corrected chi connectivity index (χ3v) is 5.27. The minimum Gasteiger partial charge on any atom is -0.331 e. The van der Waals surface area contributed by atoms with Gasteiger partial charge >= 0.3 is 6.03 Å². The van der Waals surface area contributed by atoms with E-state index in [-0.39, 0.29) is 16.1 Å². The number of benzene rings is 2. The number of nitrogens with zero attached hydrogens (tertiary/aromatic N) is 1. The zero-order chi connectivity index (χ0) is 22.0. The quantitative estimate of drug-likeness (QED) is 0.527. The van der Waals surface area contributed by atoms with Crippen molar-refractivity contribution in [3.63, 3.8) is 0 Å². The van der Waals surface area contributed by atoms with Gasteiger partial charge in [0.1, 0.15) is 11.6 Å². The van der Waals surface area contributed by atoms with Gasteiger partial charge in [-0.25, -0.2) is 13.6 Å². The lowest BCUT2D eigenvalue weighted by Gasteiger charge is -2.16. The van der Waals surface area contributed by atoms with Gasteiger partial charge in [-0.3, -0.25) is 9.78 Å². The van der Waals surface area contributed by atoms with E-state index in [0.29, 0.717) is 29.8 Å². The lowest BCUT2D eigenvalue weighted by atomic mass is 10.0. The minimum atomic E-state index is -0.596. The third kappa shape index (κ3) is 4.49. The molecule has 0 fully saturated rings. The fourth-order valence-electron chi connectivity index (χ4n) is 3.61. The molecule has 6 nitrogen and oxygen atoms in total. The van der Waals surface area contributed by atoms with E-state index < -0.39 is 29.6 Å². The van der Waals surface area contributed by atoms with Crippen LogP contribution in [-0.4, -0.2) is 16.9 Å². The number of anilines is 2. The first-order chi connectivity index (χ1) is 14.9. The highest BCUT2D eigenvalue weighted by molar-refractivity contribution is 6.31. The summed E-state index contributed by atoms with van der Waals surface area (Å²) in [6.45, 7) is 0. The van der Waals surface area contributed by atoms with Gasteiger partial charge in [0.25, 0.3) is 5.91 Å². The Kier molecular flexibility index (Phi) is 5.81. The summed E-state index contributed by atoms with van der Waals surface area (Å²) in [6.07, 6.45) is 3.93. The van der Waals surface area contributed by atoms with E-state index in [1.54, 1.807) is 18.3 Å². The van der Waals surface area contributed by atoms with E-state index in [9.17, 15) is 18.4 Å². The maximum absolute atomic E-state index is 14.6. The highest BCUT2D eigenvalue weighted by atomic mass is 35.5. The van der Waals surface area contributed by atoms with Crippen LogP contribution in [0.25, 0.3) is 0 Å². The summed E-state index contributed by atoms with van der Waals surface area (Å²) >= 11 is 5.76. The van der Waals surface area contributed by atoms with E-state index in [0.717, 1.165) is 6.07 Å². The number of fused-ring (bicyclic) bond motifs is 1. The van der Waals surface area contributed by atoms with Crippen LogP contribution < -0.4 is 16.0 Å². The predicted octanol–water partition coefficient (Wildman–Crippen LogP) is 5.07. The number of hydrogen-bond donors (Lipinski definition) is 3. The van der Waals surface area contributed by atoms with Crippen molar-refractivity contribution in [3.8, 4) is 0 Å². The van der Waals surface area contributed by atoms with Crippen molar-refractivity contribution in [2.24, 2.45) is 0 Å². The molecule has 3 N–H and O–H groups in total. The zero-order valence-corrected chi connectivity index (χ0v) is 16.8. The summed E-state index contributed by atoms with van der Waals surface area (Å²) in [7, 11) is 0. The van der Waals surface area contributed by atoms with Crippen molar-refractivity contribution in [2.45, 2.75) is 18.9 Å². The molecule has 1 aromatic heterocycles. The van der Waals surface area contributed by atoms with Gasteiger partial charge < -0.3 is 16.0 Å². The Hall–Kier alpha value is -3.52. The largest absolute Gasteiger partial charge is 0.331 e. The van der Waals surface area contributed by atoms with Crippen LogP contribution in [0.1, 0.15) is 33.9 Å². The number of halogens is 3. The van der Waals surface area contributed by atoms with Crippen LogP contribution in [0, 0.1) is 11.6 Å². The fraction of sp³-hybridized carbons (Fsp3) is 0.136. The molecule has 31 heavy (non-hydrogen) atoms. The van der Waals surface area contributed by atoms with E-state index in [2.05, 4.69) is 20.9 Å². The molecule has 4 rings (SSSR count). The van der Waals surface area contributed by atoms with Crippen molar-refractivity contribution in [2.75, 3.05) is 10.6 Å². The van der Waals surface area contributed by atoms with Crippen molar-refractivity contribution >= 4 is 34.9 Å². The average Bonchev–Trinajstić information content (AvgIpc) is 3.16. The topological polar surface area (TPSA) is 83.1 Å². The van der Waals surface area contributed by atoms with Gasteiger partial charge in [-0.1, -0.05) is 11.6 Å². The van der Waals surface area contributed by atoms with Crippen LogP contribution in [0.3, 0.4) is 0 Å². The maximum atomic E-state index is 14.6. The Morgan fingerprint density at radius 2 is 1.84 bits per heavy atom. The first kappa shape index (κ1) is 20.7. The Labute approximate surface area is 181 Å². The van der Waals surface area contributed by atoms with Crippen LogP contribution in [0.5, 0.6) is 0 Å². The number of aromatic nitrogens is 1. The number of carbonyl (C=O) groups excluding carboxylic acids is 2. The number of pyridine rings is 1. The third-order valence-electron chi connectivity index (χ3n) is 4.98. The summed E-state index contributed by atoms with van der Waals surface area (Å²) < 4.78 is 28.0. The number of rotatable bonds is 4. The van der Waals surface area contributed by atoms with E-state index >= 15 is 0 Å². The van der Waals surface area contributed by atoms with Crippen LogP contribution in [0.15, 0.2) is 54.9 Å². The smallest absolute Gasteiger partial charge is 0.319 e. The molecular weight excluding hydrogens is 426 g/mol. The molecule has 1 unspecified atom stereocenters. The molecule has 2 aromatic carbocycles. The standard InChI is InChI=1S/C22H17ClF2N4O2/c23-16-10-12(3-6-17(16)24)27-21(30)15-4-7-18(25)20-14(15)5-8-19(20)29-22(31)28-13-2-1-9-26-11-13/h1-4,6-7,9-11,19H,5,8H2,(H,27,30)(H2,28,29,31). The highest BCUT2D eigenvalue weighted by Crippen LogP contribution is 2.36. The molecule has 0 spiro atoms. The first-order valence-electron chi connectivity index (χ1n) is 9.47. The monoisotopic (exact) mass is 442 g/mol. The Morgan fingerprint density at radius 1 is 1.03 bits per heavy atom. The molecule has 9 heteroatoms. The average molecular weight is 443 g/mol. The van der Waals surface area contributed by atoms with Crippen LogP contribution in [-0.2, 0) is 6.42 Å². The normalized spacial score (nSPS) is 14.6. The van der Waals surface area contributed by atoms with E-state index in [1.165, 1.54) is 30.5 Å². The predicted molar refractivity (Wildman–Crippen MR) is 113 cm³/mol. The van der Waals surface area contributed by atoms with Gasteiger partial charge in [0.05, 0.1) is 22.9 Å². The molecule has 0 bridgehead atoms. The molecular formula is C22H17ClF2N4O2. The Balaban J connectivity index is 1.52. The first-order valence-corrected chi connectivity index (χ1v) is 9.85. The van der Waals surface area contributed by atoms with Gasteiger partial charge in [-0.2, -0.15) is 0 Å². The second-order valence-corrected chi connectivity index (χ2v) is 7.41. The van der Waals surface area contributed by atoms with Crippen molar-refractivity contribution in [1.29, 1.82) is 0 Å². The van der Waals surface area contributed by atoms with Crippen LogP contribution >= 0.6 is 11.6 Å². The zero-order valence-electron chi connectivity index (χ0n) is 16.1. The fourth-order valence-corrected chi connectivity index (χ4v) is 3.79. The summed E-state index contributed by atoms with van der Waals surface area (Å²) in [4.78, 5) is 29.0. The van der Waals surface area contributed by atoms with Crippen LogP contribution in [0.2, 0.25) is 5.02 Å². The summed E-state index contributed by atoms with van der Waals surface area (Å²) in [5.74, 6) is -1.57. The van der Waals surface area contributed by atoms with E-state index in [4.69, 9.17) is 11.6 Å². The SMILES string of the molecule is O=C(Nc1cccnc1)NC1CCc2c(C(=O)Nc3ccc(F)c(Cl)c3)ccc(F)c21. The van der Waals surface area contributed by atoms with Crippen molar-refractivity contribution < 1.29 is 18.4 Å². The molecule has 0 saturated carbocycles. The molecule has 0 radical (unpaired) electrons. The van der Waals surface area contributed by atoms with Gasteiger partial charge in [0.15, 0.2) is 0 Å². The molecule has 1 aliphatic rings. The lowest BCUT2D eigenvalue weighted by molar-refractivity contribution is 0.102. The summed E-state index contributed by atoms with van der Waals surface area (Å²) in [5, 5.41) is 7.91. The second kappa shape index (κ2) is 8.69. The van der Waals surface area contributed by atoms with Gasteiger partial charge in [-0.05, 0) is 60.9 Å². The molecule has 3 amide bonds. The molecule has 158 valence electrons. The molecule has 1 heterocycles. The number of carbonyl (C=O) groups is 2. The van der Waals surface area contributed by atoms with Crippen LogP contribution in [0.4, 0.5) is 25.0 Å². The Morgan fingerprint density at radius 3 is 2.58 bits per heavy atom. The molecule has 0 aliphatic heterocycles. The summed E-state index contributed by atoms with van der Waals surface area (Å²) in [5.41, 5.74) is 1.92. The molecule has 3 aromatic rings. The van der Waals surface area contributed by atoms with E-state index in [1.807, 2.05) is 0 Å². The molecule has 0 saturated heterocycles. The van der Waals surface area contributed by atoms with Gasteiger partial charge in [-0.15, -0.1) is 0 Å². The number of urea groups is 1. The van der Waals surface area contributed by atoms with Gasteiger partial charge in [0, 0.05) is 23.0 Å². The number of hydrogen-bond acceptors (Lipinski definition) is 3.